The molecule has 76 valence electrons. The summed E-state index contributed by atoms with van der Waals surface area (Å²) >= 11 is 5.22. The summed E-state index contributed by atoms with van der Waals surface area (Å²) in [6.07, 6.45) is 0.575. The van der Waals surface area contributed by atoms with Gasteiger partial charge in [0.15, 0.2) is 0 Å². The van der Waals surface area contributed by atoms with Gasteiger partial charge in [0.1, 0.15) is 5.88 Å². The molecule has 0 N–H and O–H groups in total. The van der Waals surface area contributed by atoms with E-state index in [1.165, 1.54) is 24.1 Å². The third-order valence-electron chi connectivity index (χ3n) is 1.40. The number of esters is 1. The fourth-order valence-electron chi connectivity index (χ4n) is 0.746. The minimum atomic E-state index is -0.610. The number of ether oxygens (including phenoxy) is 1. The molecule has 0 unspecified atom stereocenters. The van der Waals surface area contributed by atoms with Gasteiger partial charge >= 0.3 is 5.97 Å². The Morgan fingerprint density at radius 1 is 1.71 bits per heavy atom. The first kappa shape index (κ1) is 10.6. The molecule has 1 rings (SSSR count). The van der Waals surface area contributed by atoms with Crippen LogP contribution in [0.5, 0.6) is 5.95 Å². The van der Waals surface area contributed by atoms with Crippen molar-refractivity contribution < 1.29 is 18.7 Å². The Balaban J connectivity index is 2.68. The molecular weight excluding hydrogens is 210 g/mol. The molecule has 1 aromatic heterocycles. The Hall–Kier alpha value is -1.49. The highest BCUT2D eigenvalue weighted by Crippen LogP contribution is 2.22. The molecule has 1 heterocycles. The maximum atomic E-state index is 10.7. The zero-order valence-electron chi connectivity index (χ0n) is 7.40. The fraction of sp³-hybridized carbons (Fsp3) is 0.250. The fourth-order valence-corrected chi connectivity index (χ4v) is 0.801. The zero-order valence-corrected chi connectivity index (χ0v) is 8.15. The van der Waals surface area contributed by atoms with Crippen LogP contribution in [0.15, 0.2) is 16.5 Å². The number of alkyl halides is 1. The number of halogens is 1. The van der Waals surface area contributed by atoms with Crippen molar-refractivity contribution in [2.24, 2.45) is 0 Å². The van der Waals surface area contributed by atoms with E-state index in [2.05, 4.69) is 4.74 Å². The predicted octanol–water partition coefficient (Wildman–Crippen LogP) is 1.02. The van der Waals surface area contributed by atoms with Crippen LogP contribution in [-0.4, -0.2) is 25.3 Å². The summed E-state index contributed by atoms with van der Waals surface area (Å²) in [5, 5.41) is 0. The molecule has 0 aliphatic rings. The second-order valence-electron chi connectivity index (χ2n) is 2.42. The molecular formula is C8H8ClNO4. The van der Waals surface area contributed by atoms with E-state index < -0.39 is 5.97 Å². The first-order chi connectivity index (χ1) is 6.67. The van der Waals surface area contributed by atoms with Crippen LogP contribution in [0.25, 0.3) is 0 Å². The SMILES string of the molecule is CN(C=O)c1ccc(OC(=O)CCl)o1. The molecule has 1 amide bonds. The topological polar surface area (TPSA) is 59.8 Å². The summed E-state index contributed by atoms with van der Waals surface area (Å²) in [4.78, 5) is 22.3. The summed E-state index contributed by atoms with van der Waals surface area (Å²) in [6, 6.07) is 2.94. The van der Waals surface area contributed by atoms with E-state index >= 15 is 0 Å². The quantitative estimate of drug-likeness (QED) is 0.429. The van der Waals surface area contributed by atoms with Gasteiger partial charge in [-0.25, -0.2) is 0 Å². The first-order valence-corrected chi connectivity index (χ1v) is 4.25. The van der Waals surface area contributed by atoms with Crippen LogP contribution < -0.4 is 9.64 Å². The lowest BCUT2D eigenvalue weighted by Gasteiger charge is -2.04. The third-order valence-corrected chi connectivity index (χ3v) is 1.61. The summed E-state index contributed by atoms with van der Waals surface area (Å²) in [6.45, 7) is 0. The van der Waals surface area contributed by atoms with E-state index in [1.807, 2.05) is 0 Å². The maximum absolute atomic E-state index is 10.7. The number of amides is 1. The van der Waals surface area contributed by atoms with Crippen LogP contribution in [0, 0.1) is 0 Å². The van der Waals surface area contributed by atoms with Gasteiger partial charge < -0.3 is 9.15 Å². The number of hydrogen-bond donors (Lipinski definition) is 0. The van der Waals surface area contributed by atoms with Gasteiger partial charge in [-0.2, -0.15) is 0 Å². The van der Waals surface area contributed by atoms with Gasteiger partial charge in [-0.1, -0.05) is 0 Å². The van der Waals surface area contributed by atoms with Crippen molar-refractivity contribution in [2.75, 3.05) is 17.8 Å². The van der Waals surface area contributed by atoms with Gasteiger partial charge in [0.25, 0.3) is 5.95 Å². The third kappa shape index (κ3) is 2.50. The molecule has 14 heavy (non-hydrogen) atoms. The lowest BCUT2D eigenvalue weighted by molar-refractivity contribution is -0.132. The van der Waals surface area contributed by atoms with E-state index in [9.17, 15) is 9.59 Å². The van der Waals surface area contributed by atoms with Gasteiger partial charge in [0.2, 0.25) is 12.3 Å². The van der Waals surface area contributed by atoms with Crippen molar-refractivity contribution in [2.45, 2.75) is 0 Å². The van der Waals surface area contributed by atoms with E-state index in [4.69, 9.17) is 16.0 Å². The van der Waals surface area contributed by atoms with Gasteiger partial charge in [-0.05, 0) is 0 Å². The monoisotopic (exact) mass is 217 g/mol. The lowest BCUT2D eigenvalue weighted by Crippen LogP contribution is -2.12. The molecule has 0 fully saturated rings. The number of furan rings is 1. The van der Waals surface area contributed by atoms with Gasteiger partial charge in [-0.3, -0.25) is 14.5 Å². The lowest BCUT2D eigenvalue weighted by atomic mass is 10.6. The molecule has 6 heteroatoms. The Morgan fingerprint density at radius 2 is 2.43 bits per heavy atom. The normalized spacial score (nSPS) is 9.57. The summed E-state index contributed by atoms with van der Waals surface area (Å²) in [7, 11) is 1.51. The molecule has 0 radical (unpaired) electrons. The van der Waals surface area contributed by atoms with E-state index in [1.54, 1.807) is 0 Å². The number of carbonyl (C=O) groups excluding carboxylic acids is 2. The predicted molar refractivity (Wildman–Crippen MR) is 49.5 cm³/mol. The number of carbonyl (C=O) groups is 2. The Bertz CT molecular complexity index is 336. The van der Waals surface area contributed by atoms with Gasteiger partial charge in [0.05, 0.1) is 0 Å². The molecule has 5 nitrogen and oxygen atoms in total. The van der Waals surface area contributed by atoms with Crippen molar-refractivity contribution in [3.8, 4) is 5.95 Å². The maximum Gasteiger partial charge on any atom is 0.328 e. The molecule has 0 aliphatic carbocycles. The Kier molecular flexibility index (Phi) is 3.53. The Morgan fingerprint density at radius 3 is 3.00 bits per heavy atom. The molecule has 0 spiro atoms. The van der Waals surface area contributed by atoms with Crippen molar-refractivity contribution in [1.82, 2.24) is 0 Å². The van der Waals surface area contributed by atoms with Crippen molar-refractivity contribution >= 4 is 29.9 Å². The highest BCUT2D eigenvalue weighted by Gasteiger charge is 2.09. The van der Waals surface area contributed by atoms with Crippen LogP contribution in [0.4, 0.5) is 5.88 Å². The number of hydrogen-bond acceptors (Lipinski definition) is 4. The van der Waals surface area contributed by atoms with Crippen LogP contribution in [-0.2, 0) is 9.59 Å². The average Bonchev–Trinajstić information content (AvgIpc) is 2.65. The highest BCUT2D eigenvalue weighted by molar-refractivity contribution is 6.26. The number of nitrogens with zero attached hydrogens (tertiary/aromatic N) is 1. The zero-order chi connectivity index (χ0) is 10.6. The molecule has 0 saturated heterocycles. The molecule has 0 atom stereocenters. The molecule has 0 saturated carbocycles. The molecule has 0 aromatic carbocycles. The standard InChI is InChI=1S/C8H8ClNO4/c1-10(5-11)6-2-3-8(13-6)14-7(12)4-9/h2-3,5H,4H2,1H3. The minimum absolute atomic E-state index is 0.0133. The largest absolute Gasteiger partial charge is 0.409 e. The van der Waals surface area contributed by atoms with Gasteiger partial charge in [-0.15, -0.1) is 11.6 Å². The van der Waals surface area contributed by atoms with Crippen LogP contribution in [0.2, 0.25) is 0 Å². The second-order valence-corrected chi connectivity index (χ2v) is 2.68. The van der Waals surface area contributed by atoms with Crippen molar-refractivity contribution in [1.29, 1.82) is 0 Å². The van der Waals surface area contributed by atoms with E-state index in [0.29, 0.717) is 6.41 Å². The van der Waals surface area contributed by atoms with Gasteiger partial charge in [0, 0.05) is 19.2 Å². The number of anilines is 1. The van der Waals surface area contributed by atoms with E-state index in [-0.39, 0.29) is 17.7 Å². The second kappa shape index (κ2) is 4.66. The summed E-state index contributed by atoms with van der Waals surface area (Å²) < 4.78 is 9.66. The summed E-state index contributed by atoms with van der Waals surface area (Å²) in [5.74, 6) is -0.558. The first-order valence-electron chi connectivity index (χ1n) is 3.72. The van der Waals surface area contributed by atoms with E-state index in [0.717, 1.165) is 0 Å². The Labute approximate surface area is 85.2 Å². The van der Waals surface area contributed by atoms with Crippen LogP contribution in [0.3, 0.4) is 0 Å². The number of rotatable bonds is 4. The van der Waals surface area contributed by atoms with Crippen molar-refractivity contribution in [3.63, 3.8) is 0 Å². The molecule has 0 bridgehead atoms. The smallest absolute Gasteiger partial charge is 0.328 e. The molecule has 0 aliphatic heterocycles. The summed E-state index contributed by atoms with van der Waals surface area (Å²) in [5.41, 5.74) is 0. The van der Waals surface area contributed by atoms with Crippen molar-refractivity contribution in [3.05, 3.63) is 12.1 Å². The average molecular weight is 218 g/mol. The molecule has 1 aromatic rings. The van der Waals surface area contributed by atoms with Crippen LogP contribution in [0.1, 0.15) is 0 Å². The minimum Gasteiger partial charge on any atom is -0.409 e. The van der Waals surface area contributed by atoms with Crippen LogP contribution >= 0.6 is 11.6 Å². The highest BCUT2D eigenvalue weighted by atomic mass is 35.5.